The van der Waals surface area contributed by atoms with Gasteiger partial charge in [0.05, 0.1) is 14.2 Å². The topological polar surface area (TPSA) is 135 Å². The Bertz CT molecular complexity index is 1330. The molecule has 0 saturated heterocycles. The molecule has 1 aliphatic rings. The van der Waals surface area contributed by atoms with Crippen LogP contribution in [-0.4, -0.2) is 59.6 Å². The van der Waals surface area contributed by atoms with E-state index in [0.29, 0.717) is 29.2 Å². The Kier molecular flexibility index (Phi) is 5.17. The largest absolute Gasteiger partial charge is 0.479 e. The Hall–Kier alpha value is -4.35. The predicted octanol–water partition coefficient (Wildman–Crippen LogP) is 2.09. The first-order valence-corrected chi connectivity index (χ1v) is 10.3. The highest BCUT2D eigenvalue weighted by Crippen LogP contribution is 2.30. The van der Waals surface area contributed by atoms with Crippen molar-refractivity contribution in [3.63, 3.8) is 0 Å². The van der Waals surface area contributed by atoms with Crippen LogP contribution < -0.4 is 14.8 Å². The number of ether oxygens (including phenoxy) is 2. The molecule has 12 nitrogen and oxygen atoms in total. The highest BCUT2D eigenvalue weighted by Gasteiger charge is 2.25. The number of aryl methyl sites for hydroxylation is 1. The van der Waals surface area contributed by atoms with Crippen LogP contribution in [0.4, 0.5) is 5.82 Å². The van der Waals surface area contributed by atoms with E-state index in [4.69, 9.17) is 9.47 Å². The normalized spacial score (nSPS) is 14.7. The monoisotopic (exact) mass is 447 g/mol. The molecule has 5 heterocycles. The first-order chi connectivity index (χ1) is 16.1. The SMILES string of the molecule is COc1nn(-c2nccnc2OC)cc1C(=O)Nc1cccc(-c2nnc3n2[C@H](C)CC3)n1. The minimum atomic E-state index is -0.439. The Balaban J connectivity index is 1.43. The first-order valence-electron chi connectivity index (χ1n) is 10.3. The third-order valence-corrected chi connectivity index (χ3v) is 5.39. The van der Waals surface area contributed by atoms with E-state index in [0.717, 1.165) is 18.7 Å². The fourth-order valence-corrected chi connectivity index (χ4v) is 3.80. The number of nitrogens with one attached hydrogen (secondary N) is 1. The van der Waals surface area contributed by atoms with Gasteiger partial charge in [0, 0.05) is 31.1 Å². The Morgan fingerprint density at radius 2 is 1.94 bits per heavy atom. The second kappa shape index (κ2) is 8.30. The van der Waals surface area contributed by atoms with E-state index in [-0.39, 0.29) is 17.3 Å². The second-order valence-corrected chi connectivity index (χ2v) is 7.45. The van der Waals surface area contributed by atoms with Crippen molar-refractivity contribution in [2.24, 2.45) is 0 Å². The number of hydrogen-bond acceptors (Lipinski definition) is 9. The van der Waals surface area contributed by atoms with Crippen molar-refractivity contribution in [3.05, 3.63) is 48.2 Å². The van der Waals surface area contributed by atoms with E-state index in [1.165, 1.54) is 37.5 Å². The van der Waals surface area contributed by atoms with Crippen LogP contribution >= 0.6 is 0 Å². The number of rotatable bonds is 6. The van der Waals surface area contributed by atoms with Crippen LogP contribution in [0.3, 0.4) is 0 Å². The van der Waals surface area contributed by atoms with Crippen molar-refractivity contribution in [2.75, 3.05) is 19.5 Å². The van der Waals surface area contributed by atoms with Crippen LogP contribution in [0.2, 0.25) is 0 Å². The third kappa shape index (κ3) is 3.64. The van der Waals surface area contributed by atoms with Crippen LogP contribution in [0.25, 0.3) is 17.3 Å². The number of amides is 1. The zero-order valence-electron chi connectivity index (χ0n) is 18.3. The lowest BCUT2D eigenvalue weighted by molar-refractivity contribution is 0.102. The number of hydrogen-bond donors (Lipinski definition) is 1. The zero-order chi connectivity index (χ0) is 22.9. The summed E-state index contributed by atoms with van der Waals surface area (Å²) in [5.41, 5.74) is 0.835. The Morgan fingerprint density at radius 3 is 2.76 bits per heavy atom. The van der Waals surface area contributed by atoms with E-state index in [2.05, 4.69) is 47.1 Å². The fourth-order valence-electron chi connectivity index (χ4n) is 3.80. The molecule has 4 aromatic rings. The van der Waals surface area contributed by atoms with Crippen molar-refractivity contribution in [1.29, 1.82) is 0 Å². The second-order valence-electron chi connectivity index (χ2n) is 7.45. The number of methoxy groups -OCH3 is 2. The molecule has 4 aromatic heterocycles. The lowest BCUT2D eigenvalue weighted by Gasteiger charge is -2.10. The van der Waals surface area contributed by atoms with E-state index in [1.54, 1.807) is 6.07 Å². The summed E-state index contributed by atoms with van der Waals surface area (Å²) >= 11 is 0. The molecule has 0 aliphatic carbocycles. The maximum Gasteiger partial charge on any atom is 0.263 e. The van der Waals surface area contributed by atoms with Gasteiger partial charge in [-0.25, -0.2) is 19.6 Å². The van der Waals surface area contributed by atoms with Crippen molar-refractivity contribution in [1.82, 2.24) is 39.5 Å². The first kappa shape index (κ1) is 20.5. The molecule has 0 aromatic carbocycles. The average Bonchev–Trinajstić information content (AvgIpc) is 3.55. The van der Waals surface area contributed by atoms with Crippen LogP contribution in [-0.2, 0) is 6.42 Å². The standard InChI is InChI=1S/C21H21N9O3/c1-12-7-8-16-26-27-17(30(12)16)14-5-4-6-15(24-14)25-19(31)13-11-29(28-20(13)32-2)18-21(33-3)23-10-9-22-18/h4-6,9-12H,7-8H2,1-3H3,(H,24,25,31)/t12-/m1/s1. The molecule has 0 spiro atoms. The lowest BCUT2D eigenvalue weighted by atomic mass is 10.2. The Morgan fingerprint density at radius 1 is 1.12 bits per heavy atom. The van der Waals surface area contributed by atoms with Gasteiger partial charge in [0.15, 0.2) is 5.82 Å². The van der Waals surface area contributed by atoms with Crippen molar-refractivity contribution in [2.45, 2.75) is 25.8 Å². The fraction of sp³-hybridized carbons (Fsp3) is 0.286. The molecule has 33 heavy (non-hydrogen) atoms. The minimum Gasteiger partial charge on any atom is -0.479 e. The van der Waals surface area contributed by atoms with Gasteiger partial charge in [-0.05, 0) is 25.5 Å². The summed E-state index contributed by atoms with van der Waals surface area (Å²) in [6, 6.07) is 5.66. The summed E-state index contributed by atoms with van der Waals surface area (Å²) in [6.45, 7) is 2.13. The van der Waals surface area contributed by atoms with Gasteiger partial charge in [-0.1, -0.05) is 6.07 Å². The average molecular weight is 447 g/mol. The molecule has 1 aliphatic heterocycles. The number of carbonyl (C=O) groups is 1. The molecule has 1 N–H and O–H groups in total. The molecule has 12 heteroatoms. The molecule has 1 atom stereocenters. The van der Waals surface area contributed by atoms with Crippen LogP contribution in [0.15, 0.2) is 36.8 Å². The molecular weight excluding hydrogens is 426 g/mol. The molecule has 5 rings (SSSR count). The molecule has 168 valence electrons. The summed E-state index contributed by atoms with van der Waals surface area (Å²) in [6.07, 6.45) is 6.42. The van der Waals surface area contributed by atoms with E-state index in [9.17, 15) is 4.79 Å². The quantitative estimate of drug-likeness (QED) is 0.471. The van der Waals surface area contributed by atoms with Crippen LogP contribution in [0, 0.1) is 0 Å². The van der Waals surface area contributed by atoms with Crippen molar-refractivity contribution in [3.8, 4) is 29.1 Å². The number of pyridine rings is 1. The summed E-state index contributed by atoms with van der Waals surface area (Å²) in [5.74, 6) is 2.28. The molecule has 0 unspecified atom stereocenters. The predicted molar refractivity (Wildman–Crippen MR) is 116 cm³/mol. The maximum absolute atomic E-state index is 13.0. The molecule has 0 fully saturated rings. The number of anilines is 1. The van der Waals surface area contributed by atoms with Crippen molar-refractivity contribution < 1.29 is 14.3 Å². The lowest BCUT2D eigenvalue weighted by Crippen LogP contribution is -2.14. The smallest absolute Gasteiger partial charge is 0.263 e. The van der Waals surface area contributed by atoms with Crippen molar-refractivity contribution >= 4 is 11.7 Å². The van der Waals surface area contributed by atoms with Gasteiger partial charge < -0.3 is 19.4 Å². The van der Waals surface area contributed by atoms with E-state index < -0.39 is 5.91 Å². The van der Waals surface area contributed by atoms with Gasteiger partial charge in [-0.3, -0.25) is 4.79 Å². The maximum atomic E-state index is 13.0. The minimum absolute atomic E-state index is 0.125. The van der Waals surface area contributed by atoms with Gasteiger partial charge in [0.25, 0.3) is 11.8 Å². The van der Waals surface area contributed by atoms with Crippen LogP contribution in [0.5, 0.6) is 11.8 Å². The summed E-state index contributed by atoms with van der Waals surface area (Å²) in [7, 11) is 2.91. The Labute approximate surface area is 188 Å². The summed E-state index contributed by atoms with van der Waals surface area (Å²) < 4.78 is 14.0. The van der Waals surface area contributed by atoms with Gasteiger partial charge in [-0.2, -0.15) is 0 Å². The number of nitrogens with zero attached hydrogens (tertiary/aromatic N) is 8. The van der Waals surface area contributed by atoms with E-state index in [1.807, 2.05) is 12.1 Å². The number of aromatic nitrogens is 8. The van der Waals surface area contributed by atoms with Crippen LogP contribution in [0.1, 0.15) is 35.6 Å². The van der Waals surface area contributed by atoms with Gasteiger partial charge >= 0.3 is 0 Å². The highest BCUT2D eigenvalue weighted by molar-refractivity contribution is 6.05. The zero-order valence-corrected chi connectivity index (χ0v) is 18.3. The molecular formula is C21H21N9O3. The van der Waals surface area contributed by atoms with E-state index >= 15 is 0 Å². The van der Waals surface area contributed by atoms with Gasteiger partial charge in [0.1, 0.15) is 22.9 Å². The summed E-state index contributed by atoms with van der Waals surface area (Å²) in [4.78, 5) is 25.9. The van der Waals surface area contributed by atoms with Gasteiger partial charge in [0.2, 0.25) is 11.7 Å². The molecule has 1 amide bonds. The summed E-state index contributed by atoms with van der Waals surface area (Å²) in [5, 5.41) is 15.6. The van der Waals surface area contributed by atoms with Gasteiger partial charge in [-0.15, -0.1) is 15.3 Å². The third-order valence-electron chi connectivity index (χ3n) is 5.39. The molecule has 0 radical (unpaired) electrons. The number of carbonyl (C=O) groups excluding carboxylic acids is 1. The molecule has 0 bridgehead atoms. The molecule has 0 saturated carbocycles. The highest BCUT2D eigenvalue weighted by atomic mass is 16.5. The number of fused-ring (bicyclic) bond motifs is 1.